The highest BCUT2D eigenvalue weighted by Crippen LogP contribution is 2.37. The Balaban J connectivity index is 1.52. The number of aryl methyl sites for hydroxylation is 1. The van der Waals surface area contributed by atoms with Gasteiger partial charge < -0.3 is 10.1 Å². The highest BCUT2D eigenvalue weighted by Gasteiger charge is 2.29. The van der Waals surface area contributed by atoms with Crippen LogP contribution in [0.2, 0.25) is 0 Å². The molecule has 132 valence electrons. The fraction of sp³-hybridized carbons (Fsp3) is 0.238. The summed E-state index contributed by atoms with van der Waals surface area (Å²) in [5.41, 5.74) is 3.31. The Morgan fingerprint density at radius 3 is 2.65 bits per heavy atom. The maximum Gasteiger partial charge on any atom is 0.226 e. The zero-order valence-corrected chi connectivity index (χ0v) is 14.7. The van der Waals surface area contributed by atoms with E-state index in [1.54, 1.807) is 0 Å². The molecule has 5 nitrogen and oxygen atoms in total. The van der Waals surface area contributed by atoms with E-state index in [0.29, 0.717) is 13.0 Å². The first kappa shape index (κ1) is 16.4. The van der Waals surface area contributed by atoms with Gasteiger partial charge in [-0.2, -0.15) is 5.10 Å². The first-order valence-corrected chi connectivity index (χ1v) is 8.87. The van der Waals surface area contributed by atoms with Crippen LogP contribution in [0.5, 0.6) is 5.75 Å². The summed E-state index contributed by atoms with van der Waals surface area (Å²) in [5, 5.41) is 7.33. The van der Waals surface area contributed by atoms with E-state index in [1.807, 2.05) is 72.4 Å². The summed E-state index contributed by atoms with van der Waals surface area (Å²) in [6.45, 7) is 3.29. The molecule has 1 unspecified atom stereocenters. The zero-order chi connectivity index (χ0) is 17.9. The molecule has 3 aromatic rings. The summed E-state index contributed by atoms with van der Waals surface area (Å²) in [5.74, 6) is 1.70. The average Bonchev–Trinajstić information content (AvgIpc) is 3.10. The molecule has 1 aliphatic rings. The van der Waals surface area contributed by atoms with Crippen LogP contribution in [0.3, 0.4) is 0 Å². The van der Waals surface area contributed by atoms with Crippen LogP contribution in [0.15, 0.2) is 60.8 Å². The largest absolute Gasteiger partial charge is 0.489 e. The lowest BCUT2D eigenvalue weighted by atomic mass is 9.87. The van der Waals surface area contributed by atoms with E-state index in [-0.39, 0.29) is 11.8 Å². The lowest BCUT2D eigenvalue weighted by Crippen LogP contribution is -2.24. The van der Waals surface area contributed by atoms with Gasteiger partial charge in [-0.25, -0.2) is 4.68 Å². The van der Waals surface area contributed by atoms with Gasteiger partial charge >= 0.3 is 0 Å². The van der Waals surface area contributed by atoms with Crippen molar-refractivity contribution in [3.05, 3.63) is 77.5 Å². The smallest absolute Gasteiger partial charge is 0.226 e. The summed E-state index contributed by atoms with van der Waals surface area (Å²) >= 11 is 0. The highest BCUT2D eigenvalue weighted by atomic mass is 16.5. The molecule has 2 aromatic carbocycles. The van der Waals surface area contributed by atoms with Gasteiger partial charge in [-0.1, -0.05) is 42.5 Å². The number of nitrogens with one attached hydrogen (secondary N) is 1. The number of carbonyl (C=O) groups is 1. The van der Waals surface area contributed by atoms with Crippen molar-refractivity contribution in [1.82, 2.24) is 9.78 Å². The van der Waals surface area contributed by atoms with Crippen molar-refractivity contribution in [1.29, 1.82) is 0 Å². The van der Waals surface area contributed by atoms with E-state index in [1.165, 1.54) is 0 Å². The molecule has 0 saturated heterocycles. The van der Waals surface area contributed by atoms with Gasteiger partial charge in [0.2, 0.25) is 5.91 Å². The molecule has 5 heteroatoms. The summed E-state index contributed by atoms with van der Waals surface area (Å²) in [7, 11) is 0. The standard InChI is InChI=1S/C21H21N3O2/c1-2-24-21-19(13-22-24)18(12-20(25)23-21)16-8-10-17(11-9-16)26-14-15-6-4-3-5-7-15/h3-11,13,18H,2,12,14H2,1H3,(H,23,25). The second kappa shape index (κ2) is 7.04. The van der Waals surface area contributed by atoms with E-state index in [4.69, 9.17) is 4.74 Å². The number of amides is 1. The number of nitrogens with zero attached hydrogens (tertiary/aromatic N) is 2. The molecule has 0 saturated carbocycles. The van der Waals surface area contributed by atoms with Gasteiger partial charge in [0.1, 0.15) is 18.2 Å². The lowest BCUT2D eigenvalue weighted by Gasteiger charge is -2.23. The third kappa shape index (κ3) is 3.20. The van der Waals surface area contributed by atoms with Crippen molar-refractivity contribution < 1.29 is 9.53 Å². The fourth-order valence-corrected chi connectivity index (χ4v) is 3.34. The number of hydrogen-bond donors (Lipinski definition) is 1. The highest BCUT2D eigenvalue weighted by molar-refractivity contribution is 5.94. The maximum absolute atomic E-state index is 12.1. The van der Waals surface area contributed by atoms with Crippen LogP contribution in [0, 0.1) is 0 Å². The van der Waals surface area contributed by atoms with Crippen molar-refractivity contribution >= 4 is 11.7 Å². The second-order valence-electron chi connectivity index (χ2n) is 6.41. The number of aromatic nitrogens is 2. The van der Waals surface area contributed by atoms with Crippen molar-refractivity contribution in [2.24, 2.45) is 0 Å². The van der Waals surface area contributed by atoms with Crippen LogP contribution in [-0.4, -0.2) is 15.7 Å². The average molecular weight is 347 g/mol. The number of anilines is 1. The summed E-state index contributed by atoms with van der Waals surface area (Å²) < 4.78 is 7.68. The fourth-order valence-electron chi connectivity index (χ4n) is 3.34. The Hall–Kier alpha value is -3.08. The Morgan fingerprint density at radius 2 is 1.92 bits per heavy atom. The number of rotatable bonds is 5. The maximum atomic E-state index is 12.1. The van der Waals surface area contributed by atoms with Gasteiger partial charge in [-0.15, -0.1) is 0 Å². The summed E-state index contributed by atoms with van der Waals surface area (Å²) in [6, 6.07) is 18.1. The molecule has 1 atom stereocenters. The van der Waals surface area contributed by atoms with E-state index in [9.17, 15) is 4.79 Å². The van der Waals surface area contributed by atoms with E-state index in [2.05, 4.69) is 10.4 Å². The molecule has 0 bridgehead atoms. The van der Waals surface area contributed by atoms with Crippen LogP contribution in [0.1, 0.15) is 36.0 Å². The number of carbonyl (C=O) groups excluding carboxylic acids is 1. The molecule has 1 aliphatic heterocycles. The third-order valence-electron chi connectivity index (χ3n) is 4.72. The van der Waals surface area contributed by atoms with Gasteiger partial charge in [0.25, 0.3) is 0 Å². The second-order valence-corrected chi connectivity index (χ2v) is 6.41. The molecule has 0 aliphatic carbocycles. The van der Waals surface area contributed by atoms with Crippen LogP contribution in [0.4, 0.5) is 5.82 Å². The number of fused-ring (bicyclic) bond motifs is 1. The predicted molar refractivity (Wildman–Crippen MR) is 100 cm³/mol. The van der Waals surface area contributed by atoms with Gasteiger partial charge in [0, 0.05) is 24.4 Å². The minimum absolute atomic E-state index is 0.0297. The normalized spacial score (nSPS) is 16.0. The Labute approximate surface area is 152 Å². The van der Waals surface area contributed by atoms with Gasteiger partial charge in [0.15, 0.2) is 0 Å². The Kier molecular flexibility index (Phi) is 4.44. The van der Waals surface area contributed by atoms with Gasteiger partial charge in [-0.3, -0.25) is 4.79 Å². The van der Waals surface area contributed by atoms with Crippen molar-refractivity contribution in [3.8, 4) is 5.75 Å². The lowest BCUT2D eigenvalue weighted by molar-refractivity contribution is -0.116. The molecule has 0 radical (unpaired) electrons. The molecule has 26 heavy (non-hydrogen) atoms. The quantitative estimate of drug-likeness (QED) is 0.760. The number of ether oxygens (including phenoxy) is 1. The van der Waals surface area contributed by atoms with Crippen LogP contribution in [0.25, 0.3) is 0 Å². The van der Waals surface area contributed by atoms with Crippen molar-refractivity contribution in [2.75, 3.05) is 5.32 Å². The Morgan fingerprint density at radius 1 is 1.15 bits per heavy atom. The topological polar surface area (TPSA) is 56.2 Å². The molecule has 4 rings (SSSR count). The molecular formula is C21H21N3O2. The van der Waals surface area contributed by atoms with Gasteiger partial charge in [-0.05, 0) is 30.2 Å². The van der Waals surface area contributed by atoms with Crippen LogP contribution in [-0.2, 0) is 17.9 Å². The summed E-state index contributed by atoms with van der Waals surface area (Å²) in [4.78, 5) is 12.1. The molecule has 0 spiro atoms. The molecular weight excluding hydrogens is 326 g/mol. The minimum Gasteiger partial charge on any atom is -0.489 e. The first-order valence-electron chi connectivity index (χ1n) is 8.87. The zero-order valence-electron chi connectivity index (χ0n) is 14.7. The molecule has 1 amide bonds. The van der Waals surface area contributed by atoms with E-state index in [0.717, 1.165) is 34.8 Å². The van der Waals surface area contributed by atoms with Crippen LogP contribution >= 0.6 is 0 Å². The van der Waals surface area contributed by atoms with E-state index < -0.39 is 0 Å². The summed E-state index contributed by atoms with van der Waals surface area (Å²) in [6.07, 6.45) is 2.30. The van der Waals surface area contributed by atoms with Gasteiger partial charge in [0.05, 0.1) is 6.20 Å². The van der Waals surface area contributed by atoms with Crippen LogP contribution < -0.4 is 10.1 Å². The third-order valence-corrected chi connectivity index (χ3v) is 4.72. The van der Waals surface area contributed by atoms with E-state index >= 15 is 0 Å². The molecule has 0 fully saturated rings. The van der Waals surface area contributed by atoms with Crippen molar-refractivity contribution in [3.63, 3.8) is 0 Å². The van der Waals surface area contributed by atoms with Crippen molar-refractivity contribution in [2.45, 2.75) is 32.4 Å². The number of hydrogen-bond acceptors (Lipinski definition) is 3. The monoisotopic (exact) mass is 347 g/mol. The SMILES string of the molecule is CCn1ncc2c1NC(=O)CC2c1ccc(OCc2ccccc2)cc1. The number of benzene rings is 2. The Bertz CT molecular complexity index is 901. The molecule has 2 heterocycles. The first-order chi connectivity index (χ1) is 12.7. The minimum atomic E-state index is 0.0297. The molecule has 1 N–H and O–H groups in total. The predicted octanol–water partition coefficient (Wildman–Crippen LogP) is 3.96. The molecule has 1 aromatic heterocycles.